The van der Waals surface area contributed by atoms with E-state index < -0.39 is 0 Å². The monoisotopic (exact) mass is 134 g/mol. The first-order chi connectivity index (χ1) is 4.79. The fourth-order valence-electron chi connectivity index (χ4n) is 1.51. The molecule has 52 valence electrons. The third kappa shape index (κ3) is 0.576. The van der Waals surface area contributed by atoms with Gasteiger partial charge in [0.25, 0.3) is 0 Å². The van der Waals surface area contributed by atoms with E-state index in [2.05, 4.69) is 12.2 Å². The molecule has 1 heterocycles. The average Bonchev–Trinajstić information content (AvgIpc) is 2.39. The maximum atomic E-state index is 5.44. The quantitative estimate of drug-likeness (QED) is 0.531. The fraction of sp³-hybridized carbons (Fsp3) is 0.333. The Morgan fingerprint density at radius 1 is 1.30 bits per heavy atom. The van der Waals surface area contributed by atoms with Gasteiger partial charge in [-0.15, -0.1) is 0 Å². The summed E-state index contributed by atoms with van der Waals surface area (Å²) >= 11 is 0. The molecule has 0 saturated heterocycles. The van der Waals surface area contributed by atoms with E-state index in [1.165, 1.54) is 11.1 Å². The topological polar surface area (TPSA) is 13.1 Å². The van der Waals surface area contributed by atoms with E-state index in [4.69, 9.17) is 4.42 Å². The summed E-state index contributed by atoms with van der Waals surface area (Å²) in [5, 5.41) is 0. The van der Waals surface area contributed by atoms with Crippen LogP contribution >= 0.6 is 0 Å². The minimum Gasteiger partial charge on any atom is -0.466 e. The van der Waals surface area contributed by atoms with E-state index in [0.717, 1.165) is 17.9 Å². The van der Waals surface area contributed by atoms with Crippen molar-refractivity contribution in [2.45, 2.75) is 20.3 Å². The predicted molar refractivity (Wildman–Crippen MR) is 40.9 cm³/mol. The van der Waals surface area contributed by atoms with E-state index in [1.807, 2.05) is 13.8 Å². The molecular formula is C9H10O. The van der Waals surface area contributed by atoms with Gasteiger partial charge in [0.05, 0.1) is 0 Å². The van der Waals surface area contributed by atoms with Crippen LogP contribution in [0.4, 0.5) is 0 Å². The number of aryl methyl sites for hydroxylation is 2. The molecular weight excluding hydrogens is 124 g/mol. The Balaban J connectivity index is 2.70. The molecule has 2 rings (SSSR count). The van der Waals surface area contributed by atoms with Gasteiger partial charge in [-0.2, -0.15) is 0 Å². The van der Waals surface area contributed by atoms with Crippen LogP contribution in [0, 0.1) is 13.8 Å². The van der Waals surface area contributed by atoms with Crippen molar-refractivity contribution in [2.24, 2.45) is 0 Å². The summed E-state index contributed by atoms with van der Waals surface area (Å²) in [5.41, 5.74) is 2.68. The molecule has 0 spiro atoms. The van der Waals surface area contributed by atoms with Gasteiger partial charge in [0.15, 0.2) is 0 Å². The standard InChI is InChI=1S/C9H10O/c1-6-8-4-3-5-9(8)7(2)10-6/h3-4H,5H2,1-2H3. The maximum absolute atomic E-state index is 5.44. The number of rotatable bonds is 0. The first-order valence-corrected chi connectivity index (χ1v) is 3.54. The maximum Gasteiger partial charge on any atom is 0.108 e. The lowest BCUT2D eigenvalue weighted by Gasteiger charge is -1.85. The van der Waals surface area contributed by atoms with Crippen molar-refractivity contribution in [3.05, 3.63) is 28.7 Å². The van der Waals surface area contributed by atoms with Crippen molar-refractivity contribution in [3.8, 4) is 0 Å². The molecule has 0 bridgehead atoms. The molecule has 0 fully saturated rings. The van der Waals surface area contributed by atoms with Crippen molar-refractivity contribution in [1.29, 1.82) is 0 Å². The van der Waals surface area contributed by atoms with Crippen LogP contribution in [-0.2, 0) is 6.42 Å². The molecule has 0 aliphatic heterocycles. The molecule has 0 N–H and O–H groups in total. The summed E-state index contributed by atoms with van der Waals surface area (Å²) in [5.74, 6) is 2.14. The molecule has 10 heavy (non-hydrogen) atoms. The lowest BCUT2D eigenvalue weighted by atomic mass is 10.1. The van der Waals surface area contributed by atoms with E-state index >= 15 is 0 Å². The summed E-state index contributed by atoms with van der Waals surface area (Å²) < 4.78 is 5.44. The normalized spacial score (nSPS) is 14.2. The Kier molecular flexibility index (Phi) is 1.01. The SMILES string of the molecule is Cc1oc(C)c2c1C=CC2. The summed E-state index contributed by atoms with van der Waals surface area (Å²) in [4.78, 5) is 0. The molecule has 1 heteroatoms. The highest BCUT2D eigenvalue weighted by atomic mass is 16.3. The lowest BCUT2D eigenvalue weighted by Crippen LogP contribution is -1.76. The molecule has 0 amide bonds. The third-order valence-electron chi connectivity index (χ3n) is 2.04. The fourth-order valence-corrected chi connectivity index (χ4v) is 1.51. The minimum absolute atomic E-state index is 1.05. The van der Waals surface area contributed by atoms with Crippen molar-refractivity contribution in [3.63, 3.8) is 0 Å². The highest BCUT2D eigenvalue weighted by Gasteiger charge is 2.14. The predicted octanol–water partition coefficient (Wildman–Crippen LogP) is 2.47. The summed E-state index contributed by atoms with van der Waals surface area (Å²) in [6.07, 6.45) is 5.37. The second-order valence-electron chi connectivity index (χ2n) is 2.71. The van der Waals surface area contributed by atoms with Crippen LogP contribution in [0.25, 0.3) is 6.08 Å². The van der Waals surface area contributed by atoms with Crippen LogP contribution in [0.15, 0.2) is 10.5 Å². The van der Waals surface area contributed by atoms with Crippen LogP contribution in [-0.4, -0.2) is 0 Å². The first kappa shape index (κ1) is 5.78. The van der Waals surface area contributed by atoms with Crippen molar-refractivity contribution in [2.75, 3.05) is 0 Å². The molecule has 0 radical (unpaired) electrons. The molecule has 1 nitrogen and oxygen atoms in total. The zero-order valence-corrected chi connectivity index (χ0v) is 6.27. The van der Waals surface area contributed by atoms with Crippen molar-refractivity contribution in [1.82, 2.24) is 0 Å². The molecule has 1 aliphatic rings. The Morgan fingerprint density at radius 2 is 2.10 bits per heavy atom. The Hall–Kier alpha value is -0.980. The number of hydrogen-bond acceptors (Lipinski definition) is 1. The average molecular weight is 134 g/mol. The van der Waals surface area contributed by atoms with Gasteiger partial charge in [-0.1, -0.05) is 12.2 Å². The molecule has 0 saturated carbocycles. The first-order valence-electron chi connectivity index (χ1n) is 3.54. The molecule has 0 unspecified atom stereocenters. The van der Waals surface area contributed by atoms with Crippen molar-refractivity contribution < 1.29 is 4.42 Å². The van der Waals surface area contributed by atoms with Crippen LogP contribution in [0.5, 0.6) is 0 Å². The second-order valence-corrected chi connectivity index (χ2v) is 2.71. The van der Waals surface area contributed by atoms with Crippen LogP contribution < -0.4 is 0 Å². The van der Waals surface area contributed by atoms with Gasteiger partial charge in [-0.05, 0) is 20.3 Å². The number of furan rings is 1. The highest BCUT2D eigenvalue weighted by Crippen LogP contribution is 2.28. The van der Waals surface area contributed by atoms with Crippen molar-refractivity contribution >= 4 is 6.08 Å². The Morgan fingerprint density at radius 3 is 2.80 bits per heavy atom. The molecule has 1 aromatic heterocycles. The zero-order chi connectivity index (χ0) is 7.14. The third-order valence-corrected chi connectivity index (χ3v) is 2.04. The smallest absolute Gasteiger partial charge is 0.108 e. The molecule has 0 aromatic carbocycles. The van der Waals surface area contributed by atoms with Gasteiger partial charge in [0.2, 0.25) is 0 Å². The van der Waals surface area contributed by atoms with Crippen LogP contribution in [0.1, 0.15) is 22.6 Å². The van der Waals surface area contributed by atoms with Gasteiger partial charge in [-0.3, -0.25) is 0 Å². The van der Waals surface area contributed by atoms with Crippen LogP contribution in [0.2, 0.25) is 0 Å². The minimum atomic E-state index is 1.05. The largest absolute Gasteiger partial charge is 0.466 e. The van der Waals surface area contributed by atoms with Gasteiger partial charge < -0.3 is 4.42 Å². The number of hydrogen-bond donors (Lipinski definition) is 0. The molecule has 1 aliphatic carbocycles. The Labute approximate surface area is 60.4 Å². The van der Waals surface area contributed by atoms with Crippen LogP contribution in [0.3, 0.4) is 0 Å². The highest BCUT2D eigenvalue weighted by molar-refractivity contribution is 5.62. The van der Waals surface area contributed by atoms with E-state index in [-0.39, 0.29) is 0 Å². The lowest BCUT2D eigenvalue weighted by molar-refractivity contribution is 0.501. The van der Waals surface area contributed by atoms with E-state index in [0.29, 0.717) is 0 Å². The number of fused-ring (bicyclic) bond motifs is 1. The number of allylic oxidation sites excluding steroid dienone is 1. The van der Waals surface area contributed by atoms with E-state index in [1.54, 1.807) is 0 Å². The van der Waals surface area contributed by atoms with Gasteiger partial charge in [0, 0.05) is 11.1 Å². The summed E-state index contributed by atoms with van der Waals surface area (Å²) in [6.45, 7) is 4.04. The molecule has 1 aromatic rings. The van der Waals surface area contributed by atoms with Gasteiger partial charge >= 0.3 is 0 Å². The zero-order valence-electron chi connectivity index (χ0n) is 6.27. The van der Waals surface area contributed by atoms with Gasteiger partial charge in [-0.25, -0.2) is 0 Å². The summed E-state index contributed by atoms with van der Waals surface area (Å²) in [7, 11) is 0. The summed E-state index contributed by atoms with van der Waals surface area (Å²) in [6, 6.07) is 0. The van der Waals surface area contributed by atoms with Gasteiger partial charge in [0.1, 0.15) is 11.5 Å². The Bertz CT molecular complexity index is 292. The second kappa shape index (κ2) is 1.75. The van der Waals surface area contributed by atoms with E-state index in [9.17, 15) is 0 Å². The molecule has 0 atom stereocenters.